The summed E-state index contributed by atoms with van der Waals surface area (Å²) >= 11 is 0. The van der Waals surface area contributed by atoms with Crippen LogP contribution in [0.1, 0.15) is 25.7 Å². The third-order valence-corrected chi connectivity index (χ3v) is 2.11. The van der Waals surface area contributed by atoms with Gasteiger partial charge in [-0.05, 0) is 31.6 Å². The van der Waals surface area contributed by atoms with Gasteiger partial charge in [0.2, 0.25) is 0 Å². The number of nitrogens with two attached hydrogens (primary N) is 1. The Labute approximate surface area is 72.4 Å². The molecule has 0 unspecified atom stereocenters. The minimum Gasteiger partial charge on any atom is -0.550 e. The molecule has 0 atom stereocenters. The van der Waals surface area contributed by atoms with E-state index in [1.165, 1.54) is 0 Å². The summed E-state index contributed by atoms with van der Waals surface area (Å²) in [5.74, 6) is -1.15. The van der Waals surface area contributed by atoms with Crippen molar-refractivity contribution in [1.82, 2.24) is 0 Å². The molecule has 0 heterocycles. The third-order valence-electron chi connectivity index (χ3n) is 2.11. The van der Waals surface area contributed by atoms with E-state index in [0.717, 1.165) is 12.8 Å². The topological polar surface area (TPSA) is 66.2 Å². The zero-order valence-electron chi connectivity index (χ0n) is 6.29. The summed E-state index contributed by atoms with van der Waals surface area (Å²) in [6.45, 7) is 0. The first kappa shape index (κ1) is 10.7. The number of carbonyl (C=O) groups is 1. The van der Waals surface area contributed by atoms with Crippen LogP contribution in [0.4, 0.5) is 0 Å². The molecule has 2 N–H and O–H groups in total. The summed E-state index contributed by atoms with van der Waals surface area (Å²) in [6, 6.07) is 0.218. The van der Waals surface area contributed by atoms with E-state index in [2.05, 4.69) is 0 Å². The van der Waals surface area contributed by atoms with Gasteiger partial charge in [-0.25, -0.2) is 0 Å². The van der Waals surface area contributed by atoms with Gasteiger partial charge in [0.05, 0.1) is 0 Å². The van der Waals surface area contributed by atoms with Gasteiger partial charge in [0, 0.05) is 12.0 Å². The Morgan fingerprint density at radius 2 is 1.73 bits per heavy atom. The highest BCUT2D eigenvalue weighted by molar-refractivity contribution is 5.85. The number of carboxylic acids is 1. The molecule has 0 spiro atoms. The average Bonchev–Trinajstić information content (AvgIpc) is 1.88. The first-order valence-corrected chi connectivity index (χ1v) is 3.66. The molecule has 1 aliphatic rings. The molecule has 0 aliphatic heterocycles. The van der Waals surface area contributed by atoms with E-state index < -0.39 is 5.97 Å². The van der Waals surface area contributed by atoms with Gasteiger partial charge in [0.15, 0.2) is 0 Å². The number of rotatable bonds is 1. The molecule has 1 aliphatic carbocycles. The summed E-state index contributed by atoms with van der Waals surface area (Å²) in [7, 11) is 0. The minimum absolute atomic E-state index is 0. The molecule has 0 amide bonds. The average molecular weight is 179 g/mol. The molecule has 0 saturated heterocycles. The van der Waals surface area contributed by atoms with Crippen molar-refractivity contribution in [3.63, 3.8) is 0 Å². The maximum Gasteiger partial charge on any atom is 0.0445 e. The largest absolute Gasteiger partial charge is 0.550 e. The Bertz CT molecular complexity index is 132. The van der Waals surface area contributed by atoms with E-state index in [0.29, 0.717) is 12.8 Å². The van der Waals surface area contributed by atoms with E-state index >= 15 is 0 Å². The van der Waals surface area contributed by atoms with Crippen LogP contribution < -0.4 is 10.8 Å². The fraction of sp³-hybridized carbons (Fsp3) is 0.857. The molecule has 0 bridgehead atoms. The van der Waals surface area contributed by atoms with Crippen LogP contribution in [-0.4, -0.2) is 12.0 Å². The number of hydrogen-bond acceptors (Lipinski definition) is 3. The van der Waals surface area contributed by atoms with Crippen molar-refractivity contribution in [3.05, 3.63) is 0 Å². The van der Waals surface area contributed by atoms with Crippen LogP contribution in [0, 0.1) is 5.92 Å². The fourth-order valence-corrected chi connectivity index (χ4v) is 1.35. The predicted molar refractivity (Wildman–Crippen MR) is 42.2 cm³/mol. The van der Waals surface area contributed by atoms with Crippen LogP contribution in [0.25, 0.3) is 0 Å². The first-order chi connectivity index (χ1) is 4.70. The third kappa shape index (κ3) is 3.08. The molecule has 0 aromatic rings. The van der Waals surface area contributed by atoms with Crippen molar-refractivity contribution in [3.8, 4) is 0 Å². The summed E-state index contributed by atoms with van der Waals surface area (Å²) < 4.78 is 0. The number of carboxylic acid groups (broad SMARTS) is 1. The van der Waals surface area contributed by atoms with Crippen LogP contribution in [0.15, 0.2) is 0 Å². The van der Waals surface area contributed by atoms with E-state index in [9.17, 15) is 9.90 Å². The van der Waals surface area contributed by atoms with Crippen molar-refractivity contribution in [1.29, 1.82) is 0 Å². The van der Waals surface area contributed by atoms with Crippen LogP contribution in [0.3, 0.4) is 0 Å². The fourth-order valence-electron chi connectivity index (χ4n) is 1.35. The lowest BCUT2D eigenvalue weighted by molar-refractivity contribution is -0.312. The first-order valence-electron chi connectivity index (χ1n) is 3.66. The van der Waals surface area contributed by atoms with Crippen molar-refractivity contribution in [2.75, 3.05) is 0 Å². The molecular weight excluding hydrogens is 166 g/mol. The van der Waals surface area contributed by atoms with E-state index in [-0.39, 0.29) is 24.4 Å². The van der Waals surface area contributed by atoms with Gasteiger partial charge in [-0.2, -0.15) is 0 Å². The maximum absolute atomic E-state index is 10.3. The second kappa shape index (κ2) is 4.57. The maximum atomic E-state index is 10.3. The van der Waals surface area contributed by atoms with E-state index in [1.54, 1.807) is 0 Å². The standard InChI is InChI=1S/C7H13NO2.ClH/c8-6-3-1-5(2-4-6)7(9)10;/h5-6H,1-4,8H2,(H,9,10);1H/p-1. The Hall–Kier alpha value is -0.280. The predicted octanol–water partition coefficient (Wildman–Crippen LogP) is -0.324. The Morgan fingerprint density at radius 3 is 2.09 bits per heavy atom. The molecular formula is C7H13ClNO2-. The lowest BCUT2D eigenvalue weighted by Gasteiger charge is -2.26. The molecule has 1 rings (SSSR count). The van der Waals surface area contributed by atoms with Gasteiger partial charge in [-0.3, -0.25) is 0 Å². The van der Waals surface area contributed by atoms with Gasteiger partial charge >= 0.3 is 0 Å². The number of carbonyl (C=O) groups excluding carboxylic acids is 1. The molecule has 1 fully saturated rings. The van der Waals surface area contributed by atoms with E-state index in [4.69, 9.17) is 5.73 Å². The lowest BCUT2D eigenvalue weighted by Crippen LogP contribution is -2.36. The second-order valence-corrected chi connectivity index (χ2v) is 2.93. The van der Waals surface area contributed by atoms with Gasteiger partial charge in [-0.15, -0.1) is 12.4 Å². The van der Waals surface area contributed by atoms with Crippen molar-refractivity contribution < 1.29 is 9.90 Å². The zero-order chi connectivity index (χ0) is 7.56. The summed E-state index contributed by atoms with van der Waals surface area (Å²) in [6.07, 6.45) is 3.06. The van der Waals surface area contributed by atoms with E-state index in [1.807, 2.05) is 0 Å². The smallest absolute Gasteiger partial charge is 0.0445 e. The molecule has 4 heteroatoms. The summed E-state index contributed by atoms with van der Waals surface area (Å²) in [5.41, 5.74) is 5.58. The lowest BCUT2D eigenvalue weighted by atomic mass is 9.87. The molecule has 66 valence electrons. The Kier molecular flexibility index (Phi) is 4.45. The van der Waals surface area contributed by atoms with Crippen LogP contribution in [0.5, 0.6) is 0 Å². The molecule has 0 aromatic carbocycles. The number of hydrogen-bond donors (Lipinski definition) is 1. The molecule has 1 saturated carbocycles. The Morgan fingerprint density at radius 1 is 1.27 bits per heavy atom. The quantitative estimate of drug-likeness (QED) is 0.598. The molecule has 11 heavy (non-hydrogen) atoms. The van der Waals surface area contributed by atoms with Crippen molar-refractivity contribution >= 4 is 18.4 Å². The monoisotopic (exact) mass is 178 g/mol. The van der Waals surface area contributed by atoms with Crippen LogP contribution in [-0.2, 0) is 4.79 Å². The molecule has 0 aromatic heterocycles. The van der Waals surface area contributed by atoms with Gasteiger partial charge in [0.1, 0.15) is 0 Å². The van der Waals surface area contributed by atoms with Gasteiger partial charge < -0.3 is 15.6 Å². The SMILES string of the molecule is Cl.NC1CCC(C(=O)[O-])CC1. The van der Waals surface area contributed by atoms with Crippen LogP contribution in [0.2, 0.25) is 0 Å². The minimum atomic E-state index is -0.910. The van der Waals surface area contributed by atoms with Crippen molar-refractivity contribution in [2.24, 2.45) is 11.7 Å². The summed E-state index contributed by atoms with van der Waals surface area (Å²) in [4.78, 5) is 10.3. The number of aliphatic carboxylic acids is 1. The second-order valence-electron chi connectivity index (χ2n) is 2.93. The highest BCUT2D eigenvalue weighted by Gasteiger charge is 2.18. The molecule has 0 radical (unpaired) electrons. The zero-order valence-corrected chi connectivity index (χ0v) is 7.10. The highest BCUT2D eigenvalue weighted by atomic mass is 35.5. The summed E-state index contributed by atoms with van der Waals surface area (Å²) in [5, 5.41) is 10.3. The van der Waals surface area contributed by atoms with Gasteiger partial charge in [0.25, 0.3) is 0 Å². The number of halogens is 1. The highest BCUT2D eigenvalue weighted by Crippen LogP contribution is 2.22. The van der Waals surface area contributed by atoms with Crippen LogP contribution >= 0.6 is 12.4 Å². The Balaban J connectivity index is 0.000001000. The normalized spacial score (nSPS) is 30.6. The molecule has 3 nitrogen and oxygen atoms in total. The van der Waals surface area contributed by atoms with Gasteiger partial charge in [-0.1, -0.05) is 0 Å². The van der Waals surface area contributed by atoms with Crippen molar-refractivity contribution in [2.45, 2.75) is 31.7 Å².